The first-order chi connectivity index (χ1) is 6.33. The van der Waals surface area contributed by atoms with Crippen molar-refractivity contribution >= 4 is 0 Å². The molecule has 2 rings (SSSR count). The van der Waals surface area contributed by atoms with Crippen LogP contribution in [-0.4, -0.2) is 13.7 Å². The summed E-state index contributed by atoms with van der Waals surface area (Å²) in [6.07, 6.45) is 0. The molecule has 1 heterocycles. The maximum Gasteiger partial charge on any atom is 0.123 e. The number of nitrogens with two attached hydrogens (primary N) is 1. The zero-order valence-corrected chi connectivity index (χ0v) is 7.71. The molecule has 0 aromatic heterocycles. The van der Waals surface area contributed by atoms with Gasteiger partial charge >= 0.3 is 0 Å². The highest BCUT2D eigenvalue weighted by molar-refractivity contribution is 5.43. The number of hydrogen-bond donors (Lipinski definition) is 2. The third-order valence-electron chi connectivity index (χ3n) is 2.45. The summed E-state index contributed by atoms with van der Waals surface area (Å²) in [6, 6.07) is 6.13. The topological polar surface area (TPSA) is 47.3 Å². The molecule has 70 valence electrons. The number of fused-ring (bicyclic) bond motifs is 1. The lowest BCUT2D eigenvalue weighted by Gasteiger charge is -2.24. The lowest BCUT2D eigenvalue weighted by molar-refractivity contribution is 0.401. The maximum absolute atomic E-state index is 5.95. The van der Waals surface area contributed by atoms with Gasteiger partial charge in [0.1, 0.15) is 5.75 Å². The van der Waals surface area contributed by atoms with Crippen LogP contribution >= 0.6 is 0 Å². The highest BCUT2D eigenvalue weighted by Gasteiger charge is 2.18. The number of hydrogen-bond acceptors (Lipinski definition) is 3. The van der Waals surface area contributed by atoms with E-state index in [4.69, 9.17) is 10.5 Å². The average molecular weight is 178 g/mol. The largest absolute Gasteiger partial charge is 0.496 e. The SMILES string of the molecule is COc1cccc2c1CNCC2N. The zero-order valence-electron chi connectivity index (χ0n) is 7.71. The molecule has 0 saturated heterocycles. The quantitative estimate of drug-likeness (QED) is 0.668. The van der Waals surface area contributed by atoms with E-state index in [1.165, 1.54) is 11.1 Å². The van der Waals surface area contributed by atoms with Crippen LogP contribution in [0.25, 0.3) is 0 Å². The van der Waals surface area contributed by atoms with E-state index >= 15 is 0 Å². The number of nitrogens with one attached hydrogen (secondary N) is 1. The van der Waals surface area contributed by atoms with Crippen molar-refractivity contribution in [1.29, 1.82) is 0 Å². The van der Waals surface area contributed by atoms with E-state index in [0.717, 1.165) is 18.8 Å². The molecule has 1 atom stereocenters. The van der Waals surface area contributed by atoms with Crippen molar-refractivity contribution in [2.24, 2.45) is 5.73 Å². The Balaban J connectivity index is 2.48. The van der Waals surface area contributed by atoms with Crippen molar-refractivity contribution in [3.05, 3.63) is 29.3 Å². The molecule has 1 aromatic carbocycles. The van der Waals surface area contributed by atoms with Crippen molar-refractivity contribution in [3.8, 4) is 5.75 Å². The Hall–Kier alpha value is -1.06. The fourth-order valence-corrected chi connectivity index (χ4v) is 1.77. The van der Waals surface area contributed by atoms with Crippen LogP contribution in [0.1, 0.15) is 17.2 Å². The predicted octanol–water partition coefficient (Wildman–Crippen LogP) is 0.798. The van der Waals surface area contributed by atoms with Gasteiger partial charge in [0.2, 0.25) is 0 Å². The van der Waals surface area contributed by atoms with Crippen molar-refractivity contribution in [2.75, 3.05) is 13.7 Å². The van der Waals surface area contributed by atoms with Gasteiger partial charge in [-0.05, 0) is 11.6 Å². The summed E-state index contributed by atoms with van der Waals surface area (Å²) in [5.74, 6) is 0.931. The van der Waals surface area contributed by atoms with Crippen molar-refractivity contribution in [1.82, 2.24) is 5.32 Å². The summed E-state index contributed by atoms with van der Waals surface area (Å²) in [4.78, 5) is 0. The summed E-state index contributed by atoms with van der Waals surface area (Å²) in [5.41, 5.74) is 8.36. The Labute approximate surface area is 77.9 Å². The minimum absolute atomic E-state index is 0.0962. The molecule has 1 unspecified atom stereocenters. The normalized spacial score (nSPS) is 20.9. The zero-order chi connectivity index (χ0) is 9.26. The molecule has 0 spiro atoms. The van der Waals surface area contributed by atoms with Crippen molar-refractivity contribution in [2.45, 2.75) is 12.6 Å². The maximum atomic E-state index is 5.95. The molecule has 0 radical (unpaired) electrons. The Kier molecular flexibility index (Phi) is 2.20. The predicted molar refractivity (Wildman–Crippen MR) is 51.6 cm³/mol. The molecule has 0 saturated carbocycles. The van der Waals surface area contributed by atoms with Gasteiger partial charge in [-0.15, -0.1) is 0 Å². The van der Waals surface area contributed by atoms with E-state index in [9.17, 15) is 0 Å². The minimum atomic E-state index is 0.0962. The van der Waals surface area contributed by atoms with Crippen LogP contribution in [-0.2, 0) is 6.54 Å². The van der Waals surface area contributed by atoms with Crippen molar-refractivity contribution in [3.63, 3.8) is 0 Å². The third-order valence-corrected chi connectivity index (χ3v) is 2.45. The monoisotopic (exact) mass is 178 g/mol. The number of ether oxygens (including phenoxy) is 1. The summed E-state index contributed by atoms with van der Waals surface area (Å²) >= 11 is 0. The second-order valence-corrected chi connectivity index (χ2v) is 3.27. The number of rotatable bonds is 1. The fraction of sp³-hybridized carbons (Fsp3) is 0.400. The van der Waals surface area contributed by atoms with E-state index in [0.29, 0.717) is 0 Å². The first kappa shape index (κ1) is 8.53. The first-order valence-electron chi connectivity index (χ1n) is 4.45. The van der Waals surface area contributed by atoms with Crippen LogP contribution < -0.4 is 15.8 Å². The van der Waals surface area contributed by atoms with Gasteiger partial charge in [-0.1, -0.05) is 12.1 Å². The summed E-state index contributed by atoms with van der Waals surface area (Å²) in [7, 11) is 1.69. The number of methoxy groups -OCH3 is 1. The number of benzene rings is 1. The standard InChI is InChI=1S/C10H14N2O/c1-13-10-4-2-3-7-8(10)5-12-6-9(7)11/h2-4,9,12H,5-6,11H2,1H3. The van der Waals surface area contributed by atoms with Gasteiger partial charge in [-0.3, -0.25) is 0 Å². The Bertz CT molecular complexity index is 312. The van der Waals surface area contributed by atoms with Gasteiger partial charge in [0.05, 0.1) is 7.11 Å². The Morgan fingerprint density at radius 2 is 2.38 bits per heavy atom. The molecule has 13 heavy (non-hydrogen) atoms. The van der Waals surface area contributed by atoms with Crippen LogP contribution in [0.5, 0.6) is 5.75 Å². The molecule has 3 nitrogen and oxygen atoms in total. The van der Waals surface area contributed by atoms with Crippen molar-refractivity contribution < 1.29 is 4.74 Å². The smallest absolute Gasteiger partial charge is 0.123 e. The van der Waals surface area contributed by atoms with Crippen LogP contribution in [0.4, 0.5) is 0 Å². The molecular weight excluding hydrogens is 164 g/mol. The lowest BCUT2D eigenvalue weighted by Crippen LogP contribution is -2.33. The van der Waals surface area contributed by atoms with Gasteiger partial charge in [-0.25, -0.2) is 0 Å². The van der Waals surface area contributed by atoms with Gasteiger partial charge in [0, 0.05) is 24.7 Å². The Morgan fingerprint density at radius 1 is 1.54 bits per heavy atom. The van der Waals surface area contributed by atoms with E-state index in [1.54, 1.807) is 7.11 Å². The first-order valence-corrected chi connectivity index (χ1v) is 4.45. The van der Waals surface area contributed by atoms with Gasteiger partial charge < -0.3 is 15.8 Å². The molecule has 0 amide bonds. The van der Waals surface area contributed by atoms with E-state index in [-0.39, 0.29) is 6.04 Å². The highest BCUT2D eigenvalue weighted by atomic mass is 16.5. The average Bonchev–Trinajstić information content (AvgIpc) is 2.18. The van der Waals surface area contributed by atoms with Crippen LogP contribution in [0.3, 0.4) is 0 Å². The molecule has 1 aromatic rings. The van der Waals surface area contributed by atoms with Gasteiger partial charge in [0.15, 0.2) is 0 Å². The van der Waals surface area contributed by atoms with Crippen LogP contribution in [0, 0.1) is 0 Å². The molecule has 1 aliphatic heterocycles. The minimum Gasteiger partial charge on any atom is -0.496 e. The van der Waals surface area contributed by atoms with Crippen LogP contribution in [0.2, 0.25) is 0 Å². The second-order valence-electron chi connectivity index (χ2n) is 3.27. The van der Waals surface area contributed by atoms with Gasteiger partial charge in [0.25, 0.3) is 0 Å². The molecule has 0 aliphatic carbocycles. The molecule has 3 heteroatoms. The summed E-state index contributed by atoms with van der Waals surface area (Å²) in [6.45, 7) is 1.70. The highest BCUT2D eigenvalue weighted by Crippen LogP contribution is 2.28. The van der Waals surface area contributed by atoms with Gasteiger partial charge in [-0.2, -0.15) is 0 Å². The Morgan fingerprint density at radius 3 is 3.15 bits per heavy atom. The third kappa shape index (κ3) is 1.41. The molecule has 0 fully saturated rings. The summed E-state index contributed by atoms with van der Waals surface area (Å²) in [5, 5.41) is 3.26. The fourth-order valence-electron chi connectivity index (χ4n) is 1.77. The lowest BCUT2D eigenvalue weighted by atomic mass is 9.96. The molecule has 3 N–H and O–H groups in total. The molecular formula is C10H14N2O. The van der Waals surface area contributed by atoms with Crippen LogP contribution in [0.15, 0.2) is 18.2 Å². The molecule has 1 aliphatic rings. The second kappa shape index (κ2) is 3.36. The summed E-state index contributed by atoms with van der Waals surface area (Å²) < 4.78 is 5.27. The van der Waals surface area contributed by atoms with E-state index < -0.39 is 0 Å². The van der Waals surface area contributed by atoms with E-state index in [2.05, 4.69) is 11.4 Å². The molecule has 0 bridgehead atoms. The van der Waals surface area contributed by atoms with E-state index in [1.807, 2.05) is 12.1 Å².